The van der Waals surface area contributed by atoms with Gasteiger partial charge in [-0.25, -0.2) is 0 Å². The van der Waals surface area contributed by atoms with Crippen LogP contribution in [0.2, 0.25) is 0 Å². The molecule has 2 nitrogen and oxygen atoms in total. The molecular weight excluding hydrogens is 144 g/mol. The Kier molecular flexibility index (Phi) is 6.76. The third-order valence-electron chi connectivity index (χ3n) is 0.498. The standard InChI is InChI=1S/C5H8O2.Cr/c1-4(6)3-5(2)7;/h3H2,1-2H3;. The predicted octanol–water partition coefficient (Wildman–Crippen LogP) is 0.552. The van der Waals surface area contributed by atoms with Crippen molar-refractivity contribution in [2.75, 3.05) is 0 Å². The Morgan fingerprint density at radius 2 is 1.38 bits per heavy atom. The summed E-state index contributed by atoms with van der Waals surface area (Å²) in [5.74, 6) is -0.125. The molecule has 3 heteroatoms. The van der Waals surface area contributed by atoms with Crippen molar-refractivity contribution >= 4 is 11.6 Å². The SMILES string of the molecule is CC(=O)CC(C)=O.[Cr]. The zero-order chi connectivity index (χ0) is 5.86. The third kappa shape index (κ3) is 9.30. The Hall–Kier alpha value is -0.128. The maximum absolute atomic E-state index is 10.0. The molecule has 0 aliphatic rings. The summed E-state index contributed by atoms with van der Waals surface area (Å²) < 4.78 is 0. The summed E-state index contributed by atoms with van der Waals surface area (Å²) in [5.41, 5.74) is 0. The van der Waals surface area contributed by atoms with Crippen molar-refractivity contribution < 1.29 is 27.0 Å². The molecule has 0 aromatic rings. The molecule has 0 rings (SSSR count). The van der Waals surface area contributed by atoms with E-state index in [4.69, 9.17) is 0 Å². The van der Waals surface area contributed by atoms with Crippen LogP contribution in [0.3, 0.4) is 0 Å². The number of rotatable bonds is 2. The van der Waals surface area contributed by atoms with Gasteiger partial charge in [0.15, 0.2) is 0 Å². The molecule has 8 heavy (non-hydrogen) atoms. The Balaban J connectivity index is 0. The van der Waals surface area contributed by atoms with Crippen LogP contribution >= 0.6 is 0 Å². The monoisotopic (exact) mass is 152 g/mol. The van der Waals surface area contributed by atoms with Gasteiger partial charge < -0.3 is 0 Å². The first-order valence-electron chi connectivity index (χ1n) is 2.12. The normalized spacial score (nSPS) is 7.25. The third-order valence-corrected chi connectivity index (χ3v) is 0.498. The van der Waals surface area contributed by atoms with Crippen LogP contribution in [0, 0.1) is 0 Å². The summed E-state index contributed by atoms with van der Waals surface area (Å²) in [5, 5.41) is 0. The van der Waals surface area contributed by atoms with Crippen molar-refractivity contribution in [1.82, 2.24) is 0 Å². The van der Waals surface area contributed by atoms with Gasteiger partial charge in [0.2, 0.25) is 0 Å². The van der Waals surface area contributed by atoms with Crippen LogP contribution in [0.1, 0.15) is 20.3 Å². The molecular formula is C5H8CrO2. The van der Waals surface area contributed by atoms with Gasteiger partial charge >= 0.3 is 0 Å². The fourth-order valence-electron chi connectivity index (χ4n) is 0.351. The minimum Gasteiger partial charge on any atom is -0.300 e. The number of hydrogen-bond donors (Lipinski definition) is 0. The molecule has 0 saturated carbocycles. The summed E-state index contributed by atoms with van der Waals surface area (Å²) >= 11 is 0. The number of carbonyl (C=O) groups is 2. The first kappa shape index (κ1) is 10.8. The van der Waals surface area contributed by atoms with E-state index in [2.05, 4.69) is 0 Å². The maximum atomic E-state index is 10.0. The van der Waals surface area contributed by atoms with Crippen molar-refractivity contribution in [2.45, 2.75) is 20.3 Å². The van der Waals surface area contributed by atoms with Crippen molar-refractivity contribution in [3.8, 4) is 0 Å². The van der Waals surface area contributed by atoms with E-state index >= 15 is 0 Å². The van der Waals surface area contributed by atoms with Gasteiger partial charge in [0, 0.05) is 17.4 Å². The molecule has 0 fully saturated rings. The van der Waals surface area contributed by atoms with Crippen LogP contribution < -0.4 is 0 Å². The molecule has 0 saturated heterocycles. The molecule has 0 spiro atoms. The van der Waals surface area contributed by atoms with Crippen molar-refractivity contribution in [2.24, 2.45) is 0 Å². The van der Waals surface area contributed by atoms with E-state index < -0.39 is 0 Å². The van der Waals surface area contributed by atoms with Crippen molar-refractivity contribution in [3.05, 3.63) is 0 Å². The van der Waals surface area contributed by atoms with Gasteiger partial charge in [-0.05, 0) is 13.8 Å². The van der Waals surface area contributed by atoms with Crippen LogP contribution in [-0.4, -0.2) is 11.6 Å². The first-order chi connectivity index (χ1) is 3.13. The van der Waals surface area contributed by atoms with E-state index in [1.807, 2.05) is 0 Å². The minimum absolute atomic E-state index is 0. The molecule has 0 aliphatic heterocycles. The largest absolute Gasteiger partial charge is 0.300 e. The smallest absolute Gasteiger partial charge is 0.137 e. The van der Waals surface area contributed by atoms with E-state index in [0.717, 1.165) is 0 Å². The maximum Gasteiger partial charge on any atom is 0.137 e. The van der Waals surface area contributed by atoms with Gasteiger partial charge in [0.1, 0.15) is 11.6 Å². The van der Waals surface area contributed by atoms with Crippen LogP contribution in [0.5, 0.6) is 0 Å². The Morgan fingerprint density at radius 3 is 1.38 bits per heavy atom. The fraction of sp³-hybridized carbons (Fsp3) is 0.600. The number of hydrogen-bond acceptors (Lipinski definition) is 2. The van der Waals surface area contributed by atoms with Gasteiger partial charge in [0.05, 0.1) is 6.42 Å². The Bertz CT molecular complexity index is 86.6. The van der Waals surface area contributed by atoms with Gasteiger partial charge in [-0.1, -0.05) is 0 Å². The zero-order valence-corrected chi connectivity index (χ0v) is 6.21. The molecule has 46 valence electrons. The second kappa shape index (κ2) is 5.02. The van der Waals surface area contributed by atoms with Gasteiger partial charge in [0.25, 0.3) is 0 Å². The van der Waals surface area contributed by atoms with Gasteiger partial charge in [-0.15, -0.1) is 0 Å². The molecule has 0 atom stereocenters. The Morgan fingerprint density at radius 1 is 1.12 bits per heavy atom. The van der Waals surface area contributed by atoms with Crippen LogP contribution in [0.4, 0.5) is 0 Å². The van der Waals surface area contributed by atoms with E-state index in [0.29, 0.717) is 0 Å². The van der Waals surface area contributed by atoms with Crippen LogP contribution in [-0.2, 0) is 27.0 Å². The predicted molar refractivity (Wildman–Crippen MR) is 26.0 cm³/mol. The number of ketones is 2. The summed E-state index contributed by atoms with van der Waals surface area (Å²) in [6.45, 7) is 2.81. The fourth-order valence-corrected chi connectivity index (χ4v) is 0.351. The summed E-state index contributed by atoms with van der Waals surface area (Å²) in [6.07, 6.45) is 0.0833. The first-order valence-corrected chi connectivity index (χ1v) is 2.12. The second-order valence-corrected chi connectivity index (χ2v) is 1.58. The minimum atomic E-state index is -0.0625. The van der Waals surface area contributed by atoms with Crippen LogP contribution in [0.25, 0.3) is 0 Å². The molecule has 0 aliphatic carbocycles. The summed E-state index contributed by atoms with van der Waals surface area (Å²) in [7, 11) is 0. The number of Topliss-reactive ketones (excluding diaryl/α,β-unsaturated/α-hetero) is 2. The molecule has 0 N–H and O–H groups in total. The van der Waals surface area contributed by atoms with Gasteiger partial charge in [-0.3, -0.25) is 9.59 Å². The quantitative estimate of drug-likeness (QED) is 0.541. The van der Waals surface area contributed by atoms with Gasteiger partial charge in [-0.2, -0.15) is 0 Å². The number of carbonyl (C=O) groups excluding carboxylic acids is 2. The molecule has 0 radical (unpaired) electrons. The van der Waals surface area contributed by atoms with E-state index in [9.17, 15) is 9.59 Å². The van der Waals surface area contributed by atoms with Crippen LogP contribution in [0.15, 0.2) is 0 Å². The van der Waals surface area contributed by atoms with E-state index in [1.165, 1.54) is 13.8 Å². The second-order valence-electron chi connectivity index (χ2n) is 1.58. The zero-order valence-electron chi connectivity index (χ0n) is 4.93. The van der Waals surface area contributed by atoms with E-state index in [1.54, 1.807) is 0 Å². The topological polar surface area (TPSA) is 34.1 Å². The van der Waals surface area contributed by atoms with Crippen molar-refractivity contribution in [1.29, 1.82) is 0 Å². The van der Waals surface area contributed by atoms with Crippen molar-refractivity contribution in [3.63, 3.8) is 0 Å². The Labute approximate surface area is 59.4 Å². The van der Waals surface area contributed by atoms with E-state index in [-0.39, 0.29) is 35.3 Å². The molecule has 0 heterocycles. The molecule has 0 unspecified atom stereocenters. The molecule has 0 bridgehead atoms. The molecule has 0 aromatic heterocycles. The average Bonchev–Trinajstić information content (AvgIpc) is 1.27. The molecule has 0 aromatic carbocycles. The average molecular weight is 152 g/mol. The summed E-state index contributed by atoms with van der Waals surface area (Å²) in [4.78, 5) is 20.1. The summed E-state index contributed by atoms with van der Waals surface area (Å²) in [6, 6.07) is 0. The molecule has 0 amide bonds.